The number of rotatable bonds is 6. The molecule has 6 heteroatoms. The van der Waals surface area contributed by atoms with Crippen LogP contribution < -0.4 is 4.74 Å². The second kappa shape index (κ2) is 11.2. The van der Waals surface area contributed by atoms with E-state index in [4.69, 9.17) is 4.74 Å². The number of likely N-dealkylation sites (tertiary alicyclic amines) is 1. The van der Waals surface area contributed by atoms with Crippen LogP contribution >= 0.6 is 12.4 Å². The largest absolute Gasteiger partial charge is 0.456 e. The molecule has 0 saturated carbocycles. The summed E-state index contributed by atoms with van der Waals surface area (Å²) < 4.78 is 6.23. The highest BCUT2D eigenvalue weighted by Crippen LogP contribution is 2.39. The number of carbonyl (C=O) groups excluding carboxylic acids is 1. The van der Waals surface area contributed by atoms with Crippen molar-refractivity contribution in [2.45, 2.75) is 44.4 Å². The van der Waals surface area contributed by atoms with E-state index in [1.54, 1.807) is 12.3 Å². The Labute approximate surface area is 207 Å². The van der Waals surface area contributed by atoms with E-state index in [0.29, 0.717) is 23.5 Å². The van der Waals surface area contributed by atoms with Crippen LogP contribution in [0.5, 0.6) is 11.5 Å². The zero-order valence-electron chi connectivity index (χ0n) is 19.7. The van der Waals surface area contributed by atoms with Crippen LogP contribution in [0.3, 0.4) is 0 Å². The third-order valence-electron chi connectivity index (χ3n) is 6.62. The molecule has 0 radical (unpaired) electrons. The van der Waals surface area contributed by atoms with Gasteiger partial charge in [0.15, 0.2) is 0 Å². The number of hydrogen-bond acceptors (Lipinski definition) is 4. The van der Waals surface area contributed by atoms with E-state index in [1.807, 2.05) is 66.7 Å². The summed E-state index contributed by atoms with van der Waals surface area (Å²) in [6, 6.07) is 19.6. The Morgan fingerprint density at radius 1 is 1.12 bits per heavy atom. The van der Waals surface area contributed by atoms with Crippen LogP contribution in [0.15, 0.2) is 67.0 Å². The maximum atomic E-state index is 13.3. The van der Waals surface area contributed by atoms with Gasteiger partial charge in [-0.1, -0.05) is 37.6 Å². The summed E-state index contributed by atoms with van der Waals surface area (Å²) in [6.07, 6.45) is 7.91. The van der Waals surface area contributed by atoms with Crippen molar-refractivity contribution >= 4 is 18.3 Å². The molecule has 0 N–H and O–H groups in total. The van der Waals surface area contributed by atoms with Crippen molar-refractivity contribution < 1.29 is 9.53 Å². The number of pyridine rings is 1. The minimum atomic E-state index is -0.537. The molecule has 1 saturated heterocycles. The molecule has 34 heavy (non-hydrogen) atoms. The van der Waals surface area contributed by atoms with Gasteiger partial charge in [0.2, 0.25) is 5.91 Å². The monoisotopic (exact) mass is 475 g/mol. The minimum absolute atomic E-state index is 0. The number of benzene rings is 2. The zero-order valence-corrected chi connectivity index (χ0v) is 20.5. The number of carbonyl (C=O) groups is 1. The average Bonchev–Trinajstić information content (AvgIpc) is 2.99. The molecule has 1 aliphatic rings. The quantitative estimate of drug-likeness (QED) is 0.435. The molecule has 2 heterocycles. The fourth-order valence-electron chi connectivity index (χ4n) is 4.73. The highest BCUT2D eigenvalue weighted by molar-refractivity contribution is 5.88. The maximum absolute atomic E-state index is 13.3. The number of nitrogens with zero attached hydrogens (tertiary/aromatic N) is 3. The van der Waals surface area contributed by atoms with Gasteiger partial charge in [-0.2, -0.15) is 5.26 Å². The van der Waals surface area contributed by atoms with Crippen molar-refractivity contribution in [3.05, 3.63) is 89.2 Å². The van der Waals surface area contributed by atoms with E-state index < -0.39 is 5.41 Å². The Hall–Kier alpha value is -3.36. The molecule has 0 aliphatic carbocycles. The van der Waals surface area contributed by atoms with Gasteiger partial charge in [-0.3, -0.25) is 9.78 Å². The Morgan fingerprint density at radius 2 is 1.97 bits per heavy atom. The van der Waals surface area contributed by atoms with Crippen molar-refractivity contribution in [1.82, 2.24) is 9.88 Å². The van der Waals surface area contributed by atoms with Gasteiger partial charge in [0.1, 0.15) is 17.6 Å². The van der Waals surface area contributed by atoms with Crippen LogP contribution in [-0.4, -0.2) is 29.4 Å². The SMILES string of the molecule is CCC1(c2cccc(Oc3cc(Cc4cccnc4)ccc3C#N)c2)CCCCN(C)C1=O.Cl. The maximum Gasteiger partial charge on any atom is 0.232 e. The molecule has 1 unspecified atom stereocenters. The number of ether oxygens (including phenoxy) is 1. The van der Waals surface area contributed by atoms with E-state index in [1.165, 1.54) is 0 Å². The molecule has 3 aromatic rings. The molecule has 0 spiro atoms. The van der Waals surface area contributed by atoms with Gasteiger partial charge in [0.25, 0.3) is 0 Å². The van der Waals surface area contributed by atoms with E-state index in [9.17, 15) is 10.1 Å². The molecule has 5 nitrogen and oxygen atoms in total. The third-order valence-corrected chi connectivity index (χ3v) is 6.62. The molecule has 1 aromatic heterocycles. The summed E-state index contributed by atoms with van der Waals surface area (Å²) in [5.41, 5.74) is 3.05. The molecule has 1 atom stereocenters. The fourth-order valence-corrected chi connectivity index (χ4v) is 4.73. The predicted octanol–water partition coefficient (Wildman–Crippen LogP) is 6.05. The van der Waals surface area contributed by atoms with E-state index in [2.05, 4.69) is 18.0 Å². The standard InChI is InChI=1S/C28H29N3O2.ClH/c1-3-28(13-4-5-15-31(2)27(28)32)24-9-6-10-25(18-24)33-26-17-21(11-12-23(26)19-29)16-22-8-7-14-30-20-22;/h6-12,14,17-18,20H,3-5,13,15-16H2,1-2H3;1H. The first-order valence-electron chi connectivity index (χ1n) is 11.5. The first kappa shape index (κ1) is 25.3. The first-order valence-corrected chi connectivity index (χ1v) is 11.5. The number of hydrogen-bond donors (Lipinski definition) is 0. The molecule has 176 valence electrons. The minimum Gasteiger partial charge on any atom is -0.456 e. The highest BCUT2D eigenvalue weighted by Gasteiger charge is 2.41. The van der Waals surface area contributed by atoms with E-state index in [0.717, 1.165) is 48.9 Å². The number of aromatic nitrogens is 1. The van der Waals surface area contributed by atoms with Crippen LogP contribution in [0.1, 0.15) is 54.9 Å². The topological polar surface area (TPSA) is 66.2 Å². The van der Waals surface area contributed by atoms with Gasteiger partial charge >= 0.3 is 0 Å². The van der Waals surface area contributed by atoms with Gasteiger partial charge in [0, 0.05) is 26.0 Å². The number of amides is 1. The molecular weight excluding hydrogens is 446 g/mol. The van der Waals surface area contributed by atoms with Crippen molar-refractivity contribution in [2.75, 3.05) is 13.6 Å². The average molecular weight is 476 g/mol. The summed E-state index contributed by atoms with van der Waals surface area (Å²) in [5.74, 6) is 1.33. The summed E-state index contributed by atoms with van der Waals surface area (Å²) in [6.45, 7) is 2.88. The predicted molar refractivity (Wildman–Crippen MR) is 135 cm³/mol. The van der Waals surface area contributed by atoms with Gasteiger partial charge in [-0.05, 0) is 72.7 Å². The van der Waals surface area contributed by atoms with E-state index >= 15 is 0 Å². The lowest BCUT2D eigenvalue weighted by molar-refractivity contribution is -0.135. The molecule has 2 aromatic carbocycles. The third kappa shape index (κ3) is 5.24. The highest BCUT2D eigenvalue weighted by atomic mass is 35.5. The summed E-state index contributed by atoms with van der Waals surface area (Å²) in [5, 5.41) is 9.62. The molecule has 4 rings (SSSR count). The summed E-state index contributed by atoms with van der Waals surface area (Å²) in [7, 11) is 1.89. The van der Waals surface area contributed by atoms with Crippen LogP contribution in [-0.2, 0) is 16.6 Å². The van der Waals surface area contributed by atoms with Crippen molar-refractivity contribution in [3.63, 3.8) is 0 Å². The Bertz CT molecular complexity index is 1180. The zero-order chi connectivity index (χ0) is 23.3. The van der Waals surface area contributed by atoms with Crippen molar-refractivity contribution in [1.29, 1.82) is 5.26 Å². The van der Waals surface area contributed by atoms with Gasteiger partial charge in [-0.25, -0.2) is 0 Å². The smallest absolute Gasteiger partial charge is 0.232 e. The summed E-state index contributed by atoms with van der Waals surface area (Å²) in [4.78, 5) is 19.4. The van der Waals surface area contributed by atoms with Gasteiger partial charge in [0.05, 0.1) is 11.0 Å². The number of halogens is 1. The van der Waals surface area contributed by atoms with Crippen LogP contribution in [0, 0.1) is 11.3 Å². The molecule has 1 amide bonds. The molecule has 1 fully saturated rings. The number of likely N-dealkylation sites (N-methyl/N-ethyl adjacent to an activating group) is 1. The van der Waals surface area contributed by atoms with E-state index in [-0.39, 0.29) is 18.3 Å². The normalized spacial score (nSPS) is 17.9. The Morgan fingerprint density at radius 3 is 2.71 bits per heavy atom. The Balaban J connectivity index is 0.00000324. The van der Waals surface area contributed by atoms with Gasteiger partial charge < -0.3 is 9.64 Å². The lowest BCUT2D eigenvalue weighted by atomic mass is 9.73. The lowest BCUT2D eigenvalue weighted by Crippen LogP contribution is -2.43. The molecular formula is C28H30ClN3O2. The molecule has 0 bridgehead atoms. The lowest BCUT2D eigenvalue weighted by Gasteiger charge is -2.33. The fraction of sp³-hybridized carbons (Fsp3) is 0.321. The second-order valence-electron chi connectivity index (χ2n) is 8.73. The second-order valence-corrected chi connectivity index (χ2v) is 8.73. The Kier molecular flexibility index (Phi) is 8.31. The van der Waals surface area contributed by atoms with Crippen molar-refractivity contribution in [3.8, 4) is 17.6 Å². The van der Waals surface area contributed by atoms with Gasteiger partial charge in [-0.15, -0.1) is 12.4 Å². The number of nitriles is 1. The first-order chi connectivity index (χ1) is 16.1. The van der Waals surface area contributed by atoms with Crippen LogP contribution in [0.25, 0.3) is 0 Å². The summed E-state index contributed by atoms with van der Waals surface area (Å²) >= 11 is 0. The van der Waals surface area contributed by atoms with Crippen LogP contribution in [0.4, 0.5) is 0 Å². The van der Waals surface area contributed by atoms with Crippen LogP contribution in [0.2, 0.25) is 0 Å². The molecule has 1 aliphatic heterocycles. The van der Waals surface area contributed by atoms with Crippen molar-refractivity contribution in [2.24, 2.45) is 0 Å².